The standard InChI is InChI=1S/C14H16N2O3/c15-12(10-5-4-6-10)9-13(17)16-14(18)19-11-7-2-1-3-8-11/h1-3,7-10,15,17H,4-6H2,(H,16,18)/b13-9-,15-12?. The highest BCUT2D eigenvalue weighted by atomic mass is 16.6. The lowest BCUT2D eigenvalue weighted by molar-refractivity contribution is 0.196. The van der Waals surface area contributed by atoms with E-state index < -0.39 is 6.09 Å². The molecule has 1 fully saturated rings. The van der Waals surface area contributed by atoms with Gasteiger partial charge in [0.15, 0.2) is 5.88 Å². The fraction of sp³-hybridized carbons (Fsp3) is 0.286. The third-order valence-electron chi connectivity index (χ3n) is 3.02. The molecule has 19 heavy (non-hydrogen) atoms. The SMILES string of the molecule is N=C(/C=C(\O)NC(=O)Oc1ccccc1)C1CCC1. The van der Waals surface area contributed by atoms with Gasteiger partial charge < -0.3 is 15.3 Å². The first-order valence-corrected chi connectivity index (χ1v) is 6.18. The van der Waals surface area contributed by atoms with Gasteiger partial charge in [0.05, 0.1) is 0 Å². The van der Waals surface area contributed by atoms with Crippen LogP contribution in [0.15, 0.2) is 42.3 Å². The zero-order valence-corrected chi connectivity index (χ0v) is 10.4. The van der Waals surface area contributed by atoms with Crippen molar-refractivity contribution in [2.24, 2.45) is 5.92 Å². The van der Waals surface area contributed by atoms with E-state index in [9.17, 15) is 9.90 Å². The van der Waals surface area contributed by atoms with Crippen LogP contribution in [-0.4, -0.2) is 16.9 Å². The largest absolute Gasteiger partial charge is 0.494 e. The first-order chi connectivity index (χ1) is 9.15. The number of allylic oxidation sites excluding steroid dienone is 1. The van der Waals surface area contributed by atoms with Crippen LogP contribution in [0.1, 0.15) is 19.3 Å². The van der Waals surface area contributed by atoms with Crippen molar-refractivity contribution in [1.82, 2.24) is 5.32 Å². The van der Waals surface area contributed by atoms with E-state index in [-0.39, 0.29) is 11.8 Å². The number of aliphatic hydroxyl groups is 1. The van der Waals surface area contributed by atoms with E-state index in [1.165, 1.54) is 6.08 Å². The Hall–Kier alpha value is -2.30. The van der Waals surface area contributed by atoms with Crippen LogP contribution >= 0.6 is 0 Å². The fourth-order valence-electron chi connectivity index (χ4n) is 1.75. The predicted molar refractivity (Wildman–Crippen MR) is 71.4 cm³/mol. The molecule has 1 aromatic carbocycles. The Labute approximate surface area is 111 Å². The van der Waals surface area contributed by atoms with Gasteiger partial charge in [-0.05, 0) is 25.0 Å². The highest BCUT2D eigenvalue weighted by Gasteiger charge is 2.21. The maximum absolute atomic E-state index is 11.5. The zero-order chi connectivity index (χ0) is 13.7. The molecule has 100 valence electrons. The molecular formula is C14H16N2O3. The van der Waals surface area contributed by atoms with Gasteiger partial charge in [-0.25, -0.2) is 4.79 Å². The van der Waals surface area contributed by atoms with Crippen LogP contribution in [0, 0.1) is 11.3 Å². The number of ether oxygens (including phenoxy) is 1. The van der Waals surface area contributed by atoms with E-state index in [2.05, 4.69) is 5.32 Å². The second kappa shape index (κ2) is 6.04. The summed E-state index contributed by atoms with van der Waals surface area (Å²) in [7, 11) is 0. The maximum atomic E-state index is 11.5. The van der Waals surface area contributed by atoms with E-state index in [0.717, 1.165) is 19.3 Å². The van der Waals surface area contributed by atoms with Crippen LogP contribution in [0.3, 0.4) is 0 Å². The van der Waals surface area contributed by atoms with Crippen molar-refractivity contribution in [1.29, 1.82) is 5.41 Å². The monoisotopic (exact) mass is 260 g/mol. The number of para-hydroxylation sites is 1. The molecule has 5 nitrogen and oxygen atoms in total. The Morgan fingerprint density at radius 1 is 1.37 bits per heavy atom. The maximum Gasteiger partial charge on any atom is 0.419 e. The van der Waals surface area contributed by atoms with Gasteiger partial charge in [0.1, 0.15) is 5.75 Å². The fourth-order valence-corrected chi connectivity index (χ4v) is 1.75. The molecule has 0 heterocycles. The number of hydrogen-bond acceptors (Lipinski definition) is 4. The molecule has 0 spiro atoms. The number of amides is 1. The molecule has 1 aliphatic carbocycles. The summed E-state index contributed by atoms with van der Waals surface area (Å²) in [5, 5.41) is 19.4. The number of carbonyl (C=O) groups is 1. The van der Waals surface area contributed by atoms with Gasteiger partial charge in [-0.2, -0.15) is 0 Å². The highest BCUT2D eigenvalue weighted by molar-refractivity contribution is 5.95. The summed E-state index contributed by atoms with van der Waals surface area (Å²) in [5.41, 5.74) is 0.337. The molecule has 1 saturated carbocycles. The minimum atomic E-state index is -0.777. The van der Waals surface area contributed by atoms with E-state index in [1.807, 2.05) is 6.07 Å². The van der Waals surface area contributed by atoms with E-state index in [4.69, 9.17) is 10.1 Å². The average Bonchev–Trinajstić information content (AvgIpc) is 2.26. The van der Waals surface area contributed by atoms with Crippen molar-refractivity contribution >= 4 is 11.8 Å². The Bertz CT molecular complexity index is 493. The second-order valence-corrected chi connectivity index (χ2v) is 4.44. The van der Waals surface area contributed by atoms with Gasteiger partial charge in [0, 0.05) is 17.7 Å². The van der Waals surface area contributed by atoms with Gasteiger partial charge in [-0.15, -0.1) is 0 Å². The summed E-state index contributed by atoms with van der Waals surface area (Å²) in [5.74, 6) is 0.230. The minimum absolute atomic E-state index is 0.203. The number of rotatable bonds is 4. The summed E-state index contributed by atoms with van der Waals surface area (Å²) < 4.78 is 4.95. The summed E-state index contributed by atoms with van der Waals surface area (Å²) in [6.45, 7) is 0. The van der Waals surface area contributed by atoms with Crippen molar-refractivity contribution in [3.63, 3.8) is 0 Å². The number of nitrogens with one attached hydrogen (secondary N) is 2. The smallest absolute Gasteiger partial charge is 0.419 e. The lowest BCUT2D eigenvalue weighted by Crippen LogP contribution is -2.28. The molecule has 3 N–H and O–H groups in total. The topological polar surface area (TPSA) is 82.4 Å². The Kier molecular flexibility index (Phi) is 4.18. The summed E-state index contributed by atoms with van der Waals surface area (Å²) in [6.07, 6.45) is 3.54. The van der Waals surface area contributed by atoms with Crippen molar-refractivity contribution in [3.8, 4) is 5.75 Å². The number of carbonyl (C=O) groups excluding carboxylic acids is 1. The first kappa shape index (κ1) is 13.1. The van der Waals surface area contributed by atoms with E-state index in [1.54, 1.807) is 24.3 Å². The molecule has 0 bridgehead atoms. The predicted octanol–water partition coefficient (Wildman–Crippen LogP) is 2.99. The lowest BCUT2D eigenvalue weighted by Gasteiger charge is -2.24. The first-order valence-electron chi connectivity index (χ1n) is 6.18. The van der Waals surface area contributed by atoms with Crippen molar-refractivity contribution in [2.75, 3.05) is 0 Å². The Morgan fingerprint density at radius 2 is 2.05 bits per heavy atom. The molecule has 1 aromatic rings. The molecule has 0 saturated heterocycles. The molecule has 0 unspecified atom stereocenters. The number of benzene rings is 1. The van der Waals surface area contributed by atoms with Crippen molar-refractivity contribution in [2.45, 2.75) is 19.3 Å². The lowest BCUT2D eigenvalue weighted by atomic mass is 9.82. The van der Waals surface area contributed by atoms with Crippen LogP contribution < -0.4 is 10.1 Å². The van der Waals surface area contributed by atoms with Gasteiger partial charge in [0.25, 0.3) is 0 Å². The van der Waals surface area contributed by atoms with Crippen LogP contribution in [0.25, 0.3) is 0 Å². The van der Waals surface area contributed by atoms with E-state index in [0.29, 0.717) is 11.5 Å². The minimum Gasteiger partial charge on any atom is -0.494 e. The van der Waals surface area contributed by atoms with Gasteiger partial charge >= 0.3 is 6.09 Å². The van der Waals surface area contributed by atoms with Crippen LogP contribution in [0.2, 0.25) is 0 Å². The van der Waals surface area contributed by atoms with Crippen LogP contribution in [0.4, 0.5) is 4.79 Å². The molecule has 1 aliphatic rings. The van der Waals surface area contributed by atoms with Crippen LogP contribution in [-0.2, 0) is 0 Å². The third-order valence-corrected chi connectivity index (χ3v) is 3.02. The third kappa shape index (κ3) is 3.84. The summed E-state index contributed by atoms with van der Waals surface area (Å²) >= 11 is 0. The number of hydrogen-bond donors (Lipinski definition) is 3. The van der Waals surface area contributed by atoms with E-state index >= 15 is 0 Å². The molecule has 0 radical (unpaired) electrons. The molecule has 1 amide bonds. The average molecular weight is 260 g/mol. The highest BCUT2D eigenvalue weighted by Crippen LogP contribution is 2.27. The molecule has 2 rings (SSSR count). The van der Waals surface area contributed by atoms with Crippen molar-refractivity contribution < 1.29 is 14.6 Å². The molecule has 0 aliphatic heterocycles. The molecular weight excluding hydrogens is 244 g/mol. The van der Waals surface area contributed by atoms with Gasteiger partial charge in [-0.1, -0.05) is 24.6 Å². The summed E-state index contributed by atoms with van der Waals surface area (Å²) in [4.78, 5) is 11.5. The van der Waals surface area contributed by atoms with Gasteiger partial charge in [-0.3, -0.25) is 5.32 Å². The number of aliphatic hydroxyl groups excluding tert-OH is 1. The van der Waals surface area contributed by atoms with Crippen molar-refractivity contribution in [3.05, 3.63) is 42.3 Å². The van der Waals surface area contributed by atoms with Crippen LogP contribution in [0.5, 0.6) is 5.75 Å². The second-order valence-electron chi connectivity index (χ2n) is 4.44. The molecule has 5 heteroatoms. The normalized spacial score (nSPS) is 15.5. The Morgan fingerprint density at radius 3 is 2.63 bits per heavy atom. The quantitative estimate of drug-likeness (QED) is 0.575. The molecule has 0 atom stereocenters. The van der Waals surface area contributed by atoms with Gasteiger partial charge in [0.2, 0.25) is 0 Å². The Balaban J connectivity index is 1.84. The summed E-state index contributed by atoms with van der Waals surface area (Å²) in [6, 6.07) is 8.56. The zero-order valence-electron chi connectivity index (χ0n) is 10.4. The molecule has 0 aromatic heterocycles.